The summed E-state index contributed by atoms with van der Waals surface area (Å²) in [5, 5.41) is 0. The van der Waals surface area contributed by atoms with Crippen LogP contribution >= 0.6 is 0 Å². The van der Waals surface area contributed by atoms with E-state index < -0.39 is 0 Å². The Labute approximate surface area is 148 Å². The molecule has 0 bridgehead atoms. The second-order valence-electron chi connectivity index (χ2n) is 6.86. The minimum absolute atomic E-state index is 1.10. The van der Waals surface area contributed by atoms with Gasteiger partial charge < -0.3 is 0 Å². The van der Waals surface area contributed by atoms with E-state index in [-0.39, 0.29) is 0 Å². The van der Waals surface area contributed by atoms with Crippen molar-refractivity contribution in [1.82, 2.24) is 0 Å². The molecule has 0 nitrogen and oxygen atoms in total. The van der Waals surface area contributed by atoms with Gasteiger partial charge in [0, 0.05) is 12.8 Å². The van der Waals surface area contributed by atoms with Crippen LogP contribution in [0.5, 0.6) is 0 Å². The van der Waals surface area contributed by atoms with E-state index >= 15 is 0 Å². The molecule has 0 aliphatic rings. The van der Waals surface area contributed by atoms with Crippen LogP contribution in [-0.2, 0) is 0 Å². The lowest BCUT2D eigenvalue weighted by Gasteiger charge is -2.00. The van der Waals surface area contributed by atoms with E-state index in [1.54, 1.807) is 0 Å². The van der Waals surface area contributed by atoms with E-state index in [0.717, 1.165) is 25.7 Å². The van der Waals surface area contributed by atoms with Gasteiger partial charge >= 0.3 is 0 Å². The van der Waals surface area contributed by atoms with Crippen molar-refractivity contribution in [3.05, 3.63) is 13.8 Å². The third-order valence-corrected chi connectivity index (χ3v) is 4.48. The highest BCUT2D eigenvalue weighted by molar-refractivity contribution is 4.98. The molecule has 2 radical (unpaired) electrons. The van der Waals surface area contributed by atoms with Crippen LogP contribution in [0.4, 0.5) is 0 Å². The van der Waals surface area contributed by atoms with Crippen LogP contribution in [0.2, 0.25) is 0 Å². The fourth-order valence-electron chi connectivity index (χ4n) is 2.90. The van der Waals surface area contributed by atoms with Crippen LogP contribution in [-0.4, -0.2) is 0 Å². The Morgan fingerprint density at radius 2 is 0.609 bits per heavy atom. The molecular formula is C23H42. The largest absolute Gasteiger partial charge is 0.103 e. The van der Waals surface area contributed by atoms with Gasteiger partial charge in [-0.05, 0) is 12.8 Å². The lowest BCUT2D eigenvalue weighted by Crippen LogP contribution is -1.81. The lowest BCUT2D eigenvalue weighted by molar-refractivity contribution is 0.562. The van der Waals surface area contributed by atoms with Crippen LogP contribution in [0.3, 0.4) is 0 Å². The van der Waals surface area contributed by atoms with Gasteiger partial charge in [-0.2, -0.15) is 0 Å². The zero-order valence-corrected chi connectivity index (χ0v) is 15.8. The van der Waals surface area contributed by atoms with Crippen LogP contribution in [0, 0.1) is 25.7 Å². The molecule has 0 spiro atoms. The van der Waals surface area contributed by atoms with Gasteiger partial charge in [-0.25, -0.2) is 0 Å². The Bertz CT molecular complexity index is 255. The normalized spacial score (nSPS) is 10.5. The zero-order valence-electron chi connectivity index (χ0n) is 15.8. The van der Waals surface area contributed by atoms with Crippen LogP contribution in [0.25, 0.3) is 0 Å². The summed E-state index contributed by atoms with van der Waals surface area (Å²) in [7, 11) is 0. The smallest absolute Gasteiger partial charge is 0.00886 e. The van der Waals surface area contributed by atoms with Crippen molar-refractivity contribution < 1.29 is 0 Å². The van der Waals surface area contributed by atoms with Crippen LogP contribution in [0.15, 0.2) is 0 Å². The van der Waals surface area contributed by atoms with E-state index in [0.29, 0.717) is 0 Å². The van der Waals surface area contributed by atoms with Gasteiger partial charge in [-0.1, -0.05) is 110 Å². The molecule has 23 heavy (non-hydrogen) atoms. The molecule has 0 unspecified atom stereocenters. The molecule has 0 aromatic carbocycles. The topological polar surface area (TPSA) is 0 Å². The summed E-state index contributed by atoms with van der Waals surface area (Å²) in [6, 6.07) is 0. The molecule has 0 saturated carbocycles. The molecule has 0 heterocycles. The maximum atomic E-state index is 3.89. The van der Waals surface area contributed by atoms with Gasteiger partial charge in [0.1, 0.15) is 0 Å². The van der Waals surface area contributed by atoms with Gasteiger partial charge in [0.2, 0.25) is 0 Å². The molecule has 0 rings (SSSR count). The molecule has 0 aliphatic heterocycles. The molecule has 0 amide bonds. The van der Waals surface area contributed by atoms with Crippen molar-refractivity contribution in [3.8, 4) is 11.8 Å². The van der Waals surface area contributed by atoms with Gasteiger partial charge in [-0.15, -0.1) is 11.8 Å². The number of unbranched alkanes of at least 4 members (excludes halogenated alkanes) is 17. The van der Waals surface area contributed by atoms with Crippen molar-refractivity contribution in [1.29, 1.82) is 0 Å². The molecule has 0 fully saturated rings. The average Bonchev–Trinajstić information content (AvgIpc) is 2.57. The fourth-order valence-corrected chi connectivity index (χ4v) is 2.90. The Balaban J connectivity index is 3.07. The van der Waals surface area contributed by atoms with Crippen molar-refractivity contribution in [2.45, 2.75) is 122 Å². The Morgan fingerprint density at radius 3 is 0.913 bits per heavy atom. The predicted octanol–water partition coefficient (Wildman–Crippen LogP) is 8.07. The molecule has 0 heteroatoms. The van der Waals surface area contributed by atoms with Crippen molar-refractivity contribution in [2.24, 2.45) is 0 Å². The first-order valence-electron chi connectivity index (χ1n) is 10.5. The van der Waals surface area contributed by atoms with Gasteiger partial charge in [0.15, 0.2) is 0 Å². The molecular weight excluding hydrogens is 276 g/mol. The zero-order chi connectivity index (χ0) is 16.8. The third kappa shape index (κ3) is 21.6. The lowest BCUT2D eigenvalue weighted by atomic mass is 10.1. The second-order valence-corrected chi connectivity index (χ2v) is 6.86. The summed E-state index contributed by atoms with van der Waals surface area (Å²) in [4.78, 5) is 0. The maximum Gasteiger partial charge on any atom is 0.00886 e. The number of rotatable bonds is 17. The second kappa shape index (κ2) is 21.6. The van der Waals surface area contributed by atoms with E-state index in [2.05, 4.69) is 25.7 Å². The summed E-state index contributed by atoms with van der Waals surface area (Å²) in [6.45, 7) is 7.77. The molecule has 0 saturated heterocycles. The fraction of sp³-hybridized carbons (Fsp3) is 0.826. The number of hydrogen-bond acceptors (Lipinski definition) is 0. The van der Waals surface area contributed by atoms with Crippen LogP contribution < -0.4 is 0 Å². The summed E-state index contributed by atoms with van der Waals surface area (Å²) >= 11 is 0. The summed E-state index contributed by atoms with van der Waals surface area (Å²) in [5.74, 6) is 6.71. The first kappa shape index (κ1) is 22.6. The summed E-state index contributed by atoms with van der Waals surface area (Å²) < 4.78 is 0. The predicted molar refractivity (Wildman–Crippen MR) is 106 cm³/mol. The Hall–Kier alpha value is -0.440. The standard InChI is InChI=1S/C23H42/c1-3-5-7-9-11-13-15-17-19-21-23-22-20-18-16-14-12-10-8-6-4-2/h1-19,21,23H2. The molecule has 134 valence electrons. The van der Waals surface area contributed by atoms with E-state index in [1.807, 2.05) is 0 Å². The molecule has 0 aromatic rings. The van der Waals surface area contributed by atoms with Gasteiger partial charge in [0.25, 0.3) is 0 Å². The molecule has 0 aromatic heterocycles. The number of hydrogen-bond donors (Lipinski definition) is 0. The Kier molecular flexibility index (Phi) is 21.1. The molecule has 0 atom stereocenters. The SMILES string of the molecule is [CH2]CCCCCCCCC#CCCCCCCCCCCC[CH2]. The summed E-state index contributed by atoms with van der Waals surface area (Å²) in [6.07, 6.45) is 25.0. The highest BCUT2D eigenvalue weighted by atomic mass is 14.0. The quantitative estimate of drug-likeness (QED) is 0.188. The maximum absolute atomic E-state index is 3.89. The molecule has 0 N–H and O–H groups in total. The first-order valence-corrected chi connectivity index (χ1v) is 10.5. The first-order chi connectivity index (χ1) is 11.4. The van der Waals surface area contributed by atoms with Gasteiger partial charge in [-0.3, -0.25) is 0 Å². The van der Waals surface area contributed by atoms with E-state index in [1.165, 1.54) is 96.3 Å². The minimum atomic E-state index is 1.10. The third-order valence-electron chi connectivity index (χ3n) is 4.48. The van der Waals surface area contributed by atoms with Crippen LogP contribution in [0.1, 0.15) is 122 Å². The Morgan fingerprint density at radius 1 is 0.348 bits per heavy atom. The highest BCUT2D eigenvalue weighted by Gasteiger charge is 1.92. The van der Waals surface area contributed by atoms with E-state index in [9.17, 15) is 0 Å². The van der Waals surface area contributed by atoms with Gasteiger partial charge in [0.05, 0.1) is 0 Å². The minimum Gasteiger partial charge on any atom is -0.103 e. The van der Waals surface area contributed by atoms with Crippen molar-refractivity contribution in [3.63, 3.8) is 0 Å². The summed E-state index contributed by atoms with van der Waals surface area (Å²) in [5.41, 5.74) is 0. The average molecular weight is 319 g/mol. The highest BCUT2D eigenvalue weighted by Crippen LogP contribution is 2.11. The molecule has 0 aliphatic carbocycles. The van der Waals surface area contributed by atoms with Crippen molar-refractivity contribution >= 4 is 0 Å². The monoisotopic (exact) mass is 318 g/mol. The van der Waals surface area contributed by atoms with E-state index in [4.69, 9.17) is 0 Å². The van der Waals surface area contributed by atoms with Crippen molar-refractivity contribution in [2.75, 3.05) is 0 Å².